The third-order valence-electron chi connectivity index (χ3n) is 9.29. The van der Waals surface area contributed by atoms with Crippen molar-refractivity contribution < 1.29 is 14.3 Å². The molecule has 0 bridgehead atoms. The van der Waals surface area contributed by atoms with Gasteiger partial charge in [-0.2, -0.15) is 5.10 Å². The van der Waals surface area contributed by atoms with Crippen LogP contribution in [0.15, 0.2) is 48.7 Å². The highest BCUT2D eigenvalue weighted by molar-refractivity contribution is 6.43. The summed E-state index contributed by atoms with van der Waals surface area (Å²) >= 11 is 12.9. The van der Waals surface area contributed by atoms with Crippen LogP contribution in [-0.4, -0.2) is 62.7 Å². The number of hydrogen-bond donors (Lipinski definition) is 0. The minimum atomic E-state index is -0.226. The van der Waals surface area contributed by atoms with E-state index in [9.17, 15) is 9.59 Å². The molecule has 4 unspecified atom stereocenters. The van der Waals surface area contributed by atoms with Crippen molar-refractivity contribution in [3.63, 3.8) is 0 Å². The third kappa shape index (κ3) is 4.12. The number of imide groups is 1. The predicted octanol–water partition coefficient (Wildman–Crippen LogP) is 5.87. The van der Waals surface area contributed by atoms with Crippen molar-refractivity contribution in [2.45, 2.75) is 31.9 Å². The molecule has 42 heavy (non-hydrogen) atoms. The number of rotatable bonds is 5. The van der Waals surface area contributed by atoms with E-state index in [1.807, 2.05) is 16.8 Å². The van der Waals surface area contributed by atoms with Gasteiger partial charge in [0.25, 0.3) is 11.8 Å². The molecule has 5 heterocycles. The number of carbonyl (C=O) groups is 2. The van der Waals surface area contributed by atoms with E-state index in [-0.39, 0.29) is 18.0 Å². The monoisotopic (exact) mass is 602 g/mol. The van der Waals surface area contributed by atoms with Crippen LogP contribution in [0.2, 0.25) is 10.0 Å². The van der Waals surface area contributed by atoms with Crippen molar-refractivity contribution in [1.29, 1.82) is 0 Å². The number of piperidine rings is 1. The van der Waals surface area contributed by atoms with Crippen molar-refractivity contribution in [2.24, 2.45) is 17.8 Å². The second-order valence-electron chi connectivity index (χ2n) is 11.6. The Bertz CT molecular complexity index is 1720. The van der Waals surface area contributed by atoms with Crippen LogP contribution in [0, 0.1) is 17.8 Å². The first-order valence-electron chi connectivity index (χ1n) is 14.5. The Kier molecular flexibility index (Phi) is 6.24. The summed E-state index contributed by atoms with van der Waals surface area (Å²) in [6, 6.07) is 12.6. The number of aromatic nitrogens is 4. The van der Waals surface area contributed by atoms with Crippen LogP contribution >= 0.6 is 23.2 Å². The Morgan fingerprint density at radius 1 is 0.929 bits per heavy atom. The van der Waals surface area contributed by atoms with Crippen molar-refractivity contribution in [3.05, 3.63) is 69.8 Å². The highest BCUT2D eigenvalue weighted by Gasteiger charge is 2.54. The Balaban J connectivity index is 1.07. The van der Waals surface area contributed by atoms with Crippen LogP contribution in [0.25, 0.3) is 22.4 Å². The maximum Gasteiger partial charge on any atom is 0.261 e. The Hall–Kier alpha value is -3.53. The van der Waals surface area contributed by atoms with Gasteiger partial charge in [0.15, 0.2) is 11.9 Å². The number of benzene rings is 2. The maximum absolute atomic E-state index is 12.9. The van der Waals surface area contributed by atoms with Gasteiger partial charge in [-0.3, -0.25) is 14.5 Å². The van der Waals surface area contributed by atoms with Gasteiger partial charge >= 0.3 is 0 Å². The van der Waals surface area contributed by atoms with Gasteiger partial charge in [-0.25, -0.2) is 14.6 Å². The molecule has 214 valence electrons. The van der Waals surface area contributed by atoms with Gasteiger partial charge in [0, 0.05) is 31.8 Å². The number of fused-ring (bicyclic) bond motifs is 3. The summed E-state index contributed by atoms with van der Waals surface area (Å²) in [5.41, 5.74) is 3.67. The summed E-state index contributed by atoms with van der Waals surface area (Å²) in [6.07, 6.45) is 5.48. The van der Waals surface area contributed by atoms with E-state index in [4.69, 9.17) is 43.0 Å². The second kappa shape index (κ2) is 10.0. The molecule has 0 radical (unpaired) electrons. The van der Waals surface area contributed by atoms with E-state index in [0.29, 0.717) is 74.5 Å². The predicted molar refractivity (Wildman–Crippen MR) is 159 cm³/mol. The molecule has 4 aromatic rings. The lowest BCUT2D eigenvalue weighted by Gasteiger charge is -2.27. The summed E-state index contributed by atoms with van der Waals surface area (Å²) in [5.74, 6) is 1.62. The number of anilines is 1. The van der Waals surface area contributed by atoms with Gasteiger partial charge in [-0.1, -0.05) is 47.5 Å². The van der Waals surface area contributed by atoms with Crippen LogP contribution < -0.4 is 4.90 Å². The van der Waals surface area contributed by atoms with E-state index in [0.717, 1.165) is 44.6 Å². The molecule has 2 amide bonds. The van der Waals surface area contributed by atoms with Gasteiger partial charge < -0.3 is 9.64 Å². The highest BCUT2D eigenvalue weighted by atomic mass is 35.5. The minimum Gasteiger partial charge on any atom is -0.356 e. The van der Waals surface area contributed by atoms with E-state index in [2.05, 4.69) is 4.90 Å². The van der Waals surface area contributed by atoms with E-state index in [1.54, 1.807) is 36.5 Å². The molecule has 2 saturated heterocycles. The van der Waals surface area contributed by atoms with Crippen LogP contribution in [0.3, 0.4) is 0 Å². The average Bonchev–Trinajstić information content (AvgIpc) is 3.49. The van der Waals surface area contributed by atoms with Gasteiger partial charge in [0.2, 0.25) is 0 Å². The molecule has 0 N–H and O–H groups in total. The Labute approximate surface area is 252 Å². The molecule has 1 saturated carbocycles. The summed E-state index contributed by atoms with van der Waals surface area (Å²) in [7, 11) is 0. The molecule has 2 aromatic heterocycles. The molecule has 1 aliphatic carbocycles. The normalized spacial score (nSPS) is 25.2. The van der Waals surface area contributed by atoms with E-state index >= 15 is 0 Å². The molecular formula is C31H28Cl2N6O3. The minimum absolute atomic E-state index is 0.179. The van der Waals surface area contributed by atoms with Crippen molar-refractivity contribution in [2.75, 3.05) is 31.1 Å². The lowest BCUT2D eigenvalue weighted by molar-refractivity contribution is -0.0368. The molecule has 2 aromatic carbocycles. The second-order valence-corrected chi connectivity index (χ2v) is 12.4. The molecule has 8 rings (SSSR count). The fourth-order valence-corrected chi connectivity index (χ4v) is 7.40. The summed E-state index contributed by atoms with van der Waals surface area (Å²) < 4.78 is 7.96. The summed E-state index contributed by atoms with van der Waals surface area (Å²) in [5, 5.41) is 5.82. The quantitative estimate of drug-likeness (QED) is 0.264. The summed E-state index contributed by atoms with van der Waals surface area (Å²) in [4.78, 5) is 39.5. The zero-order valence-corrected chi connectivity index (χ0v) is 24.3. The van der Waals surface area contributed by atoms with Crippen molar-refractivity contribution >= 4 is 52.0 Å². The van der Waals surface area contributed by atoms with Gasteiger partial charge in [0.1, 0.15) is 17.0 Å². The largest absolute Gasteiger partial charge is 0.356 e. The average molecular weight is 604 g/mol. The number of amides is 2. The molecule has 4 atom stereocenters. The standard InChI is InChI=1S/C31H28Cl2N6O3/c32-23-9-5-8-20(26(23)33)27-28-29(39(36-27)25-10-3-4-13-42-25)35-24(14-34-28)37-12-11-17-21(15-37)22(17)16-38-30(40)18-6-1-2-7-19(18)31(38)41/h1-2,5-9,14,17,21-22,25H,3-4,10-13,15-16H2. The van der Waals surface area contributed by atoms with E-state index in [1.165, 1.54) is 4.90 Å². The molecule has 9 nitrogen and oxygen atoms in total. The van der Waals surface area contributed by atoms with Crippen LogP contribution in [-0.2, 0) is 4.74 Å². The van der Waals surface area contributed by atoms with Gasteiger partial charge in [-0.15, -0.1) is 0 Å². The van der Waals surface area contributed by atoms with E-state index < -0.39 is 0 Å². The lowest BCUT2D eigenvalue weighted by Crippen LogP contribution is -2.33. The lowest BCUT2D eigenvalue weighted by atomic mass is 10.1. The number of ether oxygens (including phenoxy) is 1. The molecule has 11 heteroatoms. The molecule has 0 spiro atoms. The molecule has 3 fully saturated rings. The summed E-state index contributed by atoms with van der Waals surface area (Å²) in [6.45, 7) is 2.78. The SMILES string of the molecule is O=C1c2ccccc2C(=O)N1CC1C2CCN(c3cnc4c(-c5cccc(Cl)c5Cl)nn(C5CCCCO5)c4n3)CC21. The molecular weight excluding hydrogens is 575 g/mol. The van der Waals surface area contributed by atoms with Crippen molar-refractivity contribution in [1.82, 2.24) is 24.6 Å². The zero-order valence-electron chi connectivity index (χ0n) is 22.7. The van der Waals surface area contributed by atoms with Crippen LogP contribution in [0.1, 0.15) is 52.6 Å². The Morgan fingerprint density at radius 3 is 2.48 bits per heavy atom. The van der Waals surface area contributed by atoms with Crippen LogP contribution in [0.4, 0.5) is 5.82 Å². The van der Waals surface area contributed by atoms with Gasteiger partial charge in [0.05, 0.1) is 27.4 Å². The molecule has 3 aliphatic heterocycles. The first-order valence-corrected chi connectivity index (χ1v) is 15.3. The fourth-order valence-electron chi connectivity index (χ4n) is 7.01. The zero-order chi connectivity index (χ0) is 28.5. The first kappa shape index (κ1) is 26.1. The number of halogens is 2. The number of hydrogen-bond acceptors (Lipinski definition) is 7. The van der Waals surface area contributed by atoms with Crippen LogP contribution in [0.5, 0.6) is 0 Å². The molecule has 4 aliphatic rings. The fraction of sp³-hybridized carbons (Fsp3) is 0.387. The van der Waals surface area contributed by atoms with Gasteiger partial charge in [-0.05, 0) is 61.6 Å². The highest BCUT2D eigenvalue weighted by Crippen LogP contribution is 2.53. The first-order chi connectivity index (χ1) is 20.5. The third-order valence-corrected chi connectivity index (χ3v) is 10.1. The number of carbonyl (C=O) groups excluding carboxylic acids is 2. The number of nitrogens with zero attached hydrogens (tertiary/aromatic N) is 6. The maximum atomic E-state index is 12.9. The smallest absolute Gasteiger partial charge is 0.261 e. The Morgan fingerprint density at radius 2 is 1.71 bits per heavy atom. The van der Waals surface area contributed by atoms with Crippen molar-refractivity contribution in [3.8, 4) is 11.3 Å². The topological polar surface area (TPSA) is 93.5 Å².